The lowest BCUT2D eigenvalue weighted by Gasteiger charge is -2.18. The molecule has 0 aromatic carbocycles. The summed E-state index contributed by atoms with van der Waals surface area (Å²) < 4.78 is 0. The second kappa shape index (κ2) is 18.7. The van der Waals surface area contributed by atoms with Crippen LogP contribution < -0.4 is 33.6 Å². The molecule has 0 aromatic heterocycles. The van der Waals surface area contributed by atoms with Gasteiger partial charge in [-0.2, -0.15) is 0 Å². The summed E-state index contributed by atoms with van der Waals surface area (Å²) in [4.78, 5) is 43.0. The zero-order chi connectivity index (χ0) is 24.2. The van der Waals surface area contributed by atoms with Crippen molar-refractivity contribution in [3.8, 4) is 0 Å². The summed E-state index contributed by atoms with van der Waals surface area (Å²) >= 11 is 0. The average molecular weight is 457 g/mol. The van der Waals surface area contributed by atoms with Crippen LogP contribution in [0.1, 0.15) is 77.0 Å². The highest BCUT2D eigenvalue weighted by Gasteiger charge is 2.17. The van der Waals surface area contributed by atoms with Crippen LogP contribution in [0.15, 0.2) is 9.98 Å². The van der Waals surface area contributed by atoms with Gasteiger partial charge in [-0.15, -0.1) is 0 Å². The average Bonchev–Trinajstić information content (AvgIpc) is 2.68. The number of hydrogen-bond acceptors (Lipinski definition) is 5. The lowest BCUT2D eigenvalue weighted by Crippen LogP contribution is -2.49. The smallest absolute Gasteiger partial charge is 0.307 e. The minimum absolute atomic E-state index is 0.0652. The summed E-state index contributed by atoms with van der Waals surface area (Å²) in [7, 11) is 0. The van der Waals surface area contributed by atoms with Gasteiger partial charge in [0.25, 0.3) is 0 Å². The van der Waals surface area contributed by atoms with Crippen molar-refractivity contribution in [2.45, 2.75) is 83.2 Å². The fraction of sp³-hybridized carbons (Fsp3) is 0.750. The molecule has 0 aromatic rings. The van der Waals surface area contributed by atoms with E-state index < -0.39 is 12.1 Å². The zero-order valence-corrected chi connectivity index (χ0v) is 18.9. The lowest BCUT2D eigenvalue weighted by atomic mass is 10.1. The van der Waals surface area contributed by atoms with E-state index in [1.165, 1.54) is 0 Å². The van der Waals surface area contributed by atoms with Gasteiger partial charge in [-0.05, 0) is 25.7 Å². The Morgan fingerprint density at radius 1 is 0.656 bits per heavy atom. The van der Waals surface area contributed by atoms with Gasteiger partial charge >= 0.3 is 5.97 Å². The Morgan fingerprint density at radius 3 is 1.41 bits per heavy atom. The van der Waals surface area contributed by atoms with E-state index in [2.05, 4.69) is 20.6 Å². The Kier molecular flexibility index (Phi) is 16.9. The first kappa shape index (κ1) is 28.9. The van der Waals surface area contributed by atoms with Gasteiger partial charge in [0.1, 0.15) is 6.17 Å². The van der Waals surface area contributed by atoms with Gasteiger partial charge in [-0.3, -0.25) is 24.4 Å². The highest BCUT2D eigenvalue weighted by molar-refractivity contribution is 5.80. The molecule has 0 saturated heterocycles. The number of nitrogens with one attached hydrogen (secondary N) is 2. The van der Waals surface area contributed by atoms with Crippen molar-refractivity contribution in [3.05, 3.63) is 0 Å². The molecule has 2 amide bonds. The van der Waals surface area contributed by atoms with E-state index in [0.29, 0.717) is 25.9 Å². The molecule has 0 fully saturated rings. The molecule has 0 unspecified atom stereocenters. The van der Waals surface area contributed by atoms with Crippen molar-refractivity contribution < 1.29 is 19.5 Å². The number of unbranched alkanes of at least 4 members (excludes halogenated alkanes) is 7. The van der Waals surface area contributed by atoms with E-state index in [-0.39, 0.29) is 43.0 Å². The number of nitrogens with two attached hydrogens (primary N) is 4. The SMILES string of the molecule is NC(N)=NCCCCCCCC(=O)N[C@@H](CC(=O)O)NC(=O)CCCCCCN=C(N)N. The van der Waals surface area contributed by atoms with E-state index in [9.17, 15) is 14.4 Å². The molecule has 0 saturated carbocycles. The van der Waals surface area contributed by atoms with Gasteiger partial charge in [0.2, 0.25) is 11.8 Å². The highest BCUT2D eigenvalue weighted by Crippen LogP contribution is 2.06. The first-order valence-corrected chi connectivity index (χ1v) is 11.1. The molecule has 12 nitrogen and oxygen atoms in total. The predicted molar refractivity (Wildman–Crippen MR) is 124 cm³/mol. The van der Waals surface area contributed by atoms with Crippen LogP contribution in [0.25, 0.3) is 0 Å². The maximum Gasteiger partial charge on any atom is 0.307 e. The molecular weight excluding hydrogens is 416 g/mol. The molecule has 0 rings (SSSR count). The van der Waals surface area contributed by atoms with Gasteiger partial charge in [0, 0.05) is 25.9 Å². The second-order valence-corrected chi connectivity index (χ2v) is 7.58. The summed E-state index contributed by atoms with van der Waals surface area (Å²) in [5, 5.41) is 14.2. The standard InChI is InChI=1S/C20H40N8O4/c21-19(22)25-12-8-4-1-2-6-10-16(29)27-15(14-18(31)32)28-17(30)11-7-3-5-9-13-26-20(23)24/h15H,1-14H2,(H,27,29)(H,28,30)(H,31,32)(H4,21,22,25)(H4,23,24,26)/t15-/m1/s1. The molecule has 1 atom stereocenters. The van der Waals surface area contributed by atoms with E-state index in [1.54, 1.807) is 0 Å². The van der Waals surface area contributed by atoms with E-state index >= 15 is 0 Å². The number of carboxylic acids is 1. The molecule has 0 aliphatic rings. The normalized spacial score (nSPS) is 11.2. The highest BCUT2D eigenvalue weighted by atomic mass is 16.4. The molecule has 184 valence electrons. The molecule has 32 heavy (non-hydrogen) atoms. The summed E-state index contributed by atoms with van der Waals surface area (Å²) in [6.07, 6.45) is 6.78. The largest absolute Gasteiger partial charge is 0.481 e. The van der Waals surface area contributed by atoms with Crippen LogP contribution in [0.2, 0.25) is 0 Å². The molecule has 0 aliphatic carbocycles. The predicted octanol–water partition coefficient (Wildman–Crippen LogP) is -0.142. The van der Waals surface area contributed by atoms with Crippen molar-refractivity contribution in [1.29, 1.82) is 0 Å². The number of nitrogens with zero attached hydrogens (tertiary/aromatic N) is 2. The number of carboxylic acid groups (broad SMARTS) is 1. The topological polar surface area (TPSA) is 224 Å². The van der Waals surface area contributed by atoms with E-state index in [1.807, 2.05) is 0 Å². The summed E-state index contributed by atoms with van der Waals surface area (Å²) in [5.74, 6) is -1.52. The fourth-order valence-electron chi connectivity index (χ4n) is 2.94. The quantitative estimate of drug-likeness (QED) is 0.0597. The van der Waals surface area contributed by atoms with Crippen LogP contribution >= 0.6 is 0 Å². The summed E-state index contributed by atoms with van der Waals surface area (Å²) in [6.45, 7) is 1.15. The number of rotatable bonds is 19. The van der Waals surface area contributed by atoms with Gasteiger partial charge < -0.3 is 38.7 Å². The number of carbonyl (C=O) groups excluding carboxylic acids is 2. The van der Waals surface area contributed by atoms with Gasteiger partial charge in [0.15, 0.2) is 11.9 Å². The maximum absolute atomic E-state index is 12.1. The van der Waals surface area contributed by atoms with Crippen LogP contribution in [0.5, 0.6) is 0 Å². The Balaban J connectivity index is 4.05. The van der Waals surface area contributed by atoms with Crippen molar-refractivity contribution >= 4 is 29.7 Å². The van der Waals surface area contributed by atoms with Crippen LogP contribution in [-0.4, -0.2) is 54.1 Å². The molecule has 0 heterocycles. The van der Waals surface area contributed by atoms with Crippen LogP contribution in [0.4, 0.5) is 0 Å². The third-order valence-corrected chi connectivity index (χ3v) is 4.51. The van der Waals surface area contributed by atoms with E-state index in [0.717, 1.165) is 44.9 Å². The number of hydrogen-bond donors (Lipinski definition) is 7. The third kappa shape index (κ3) is 20.2. The Hall–Kier alpha value is -3.05. The number of carbonyl (C=O) groups is 3. The van der Waals surface area contributed by atoms with Crippen molar-refractivity contribution in [1.82, 2.24) is 10.6 Å². The van der Waals surface area contributed by atoms with Crippen LogP contribution in [0, 0.1) is 0 Å². The fourth-order valence-corrected chi connectivity index (χ4v) is 2.94. The lowest BCUT2D eigenvalue weighted by molar-refractivity contribution is -0.138. The molecule has 12 heteroatoms. The van der Waals surface area contributed by atoms with Crippen LogP contribution in [0.3, 0.4) is 0 Å². The van der Waals surface area contributed by atoms with Crippen molar-refractivity contribution in [2.75, 3.05) is 13.1 Å². The molecule has 0 bridgehead atoms. The monoisotopic (exact) mass is 456 g/mol. The number of aliphatic carboxylic acids is 1. The Morgan fingerprint density at radius 2 is 1.03 bits per heavy atom. The van der Waals surface area contributed by atoms with Gasteiger partial charge in [-0.25, -0.2) is 0 Å². The Labute approximate surface area is 189 Å². The molecule has 11 N–H and O–H groups in total. The minimum Gasteiger partial charge on any atom is -0.481 e. The molecule has 0 aliphatic heterocycles. The number of guanidine groups is 2. The minimum atomic E-state index is -1.10. The van der Waals surface area contributed by atoms with Crippen LogP contribution in [-0.2, 0) is 14.4 Å². The Bertz CT molecular complexity index is 617. The molecule has 0 spiro atoms. The number of amides is 2. The third-order valence-electron chi connectivity index (χ3n) is 4.51. The first-order chi connectivity index (χ1) is 15.2. The van der Waals surface area contributed by atoms with Gasteiger partial charge in [-0.1, -0.05) is 32.1 Å². The number of aliphatic imine (C=N–C) groups is 2. The van der Waals surface area contributed by atoms with Crippen molar-refractivity contribution in [2.24, 2.45) is 32.9 Å². The van der Waals surface area contributed by atoms with E-state index in [4.69, 9.17) is 28.0 Å². The first-order valence-electron chi connectivity index (χ1n) is 11.1. The summed E-state index contributed by atoms with van der Waals surface area (Å²) in [5.41, 5.74) is 21.0. The molecule has 0 radical (unpaired) electrons. The summed E-state index contributed by atoms with van der Waals surface area (Å²) in [6, 6.07) is 0. The van der Waals surface area contributed by atoms with Gasteiger partial charge in [0.05, 0.1) is 6.42 Å². The van der Waals surface area contributed by atoms with Crippen molar-refractivity contribution in [3.63, 3.8) is 0 Å². The zero-order valence-electron chi connectivity index (χ0n) is 18.9. The maximum atomic E-state index is 12.1. The molecular formula is C20H40N8O4. The second-order valence-electron chi connectivity index (χ2n) is 7.58.